The van der Waals surface area contributed by atoms with Gasteiger partial charge in [-0.15, -0.1) is 12.4 Å². The van der Waals surface area contributed by atoms with Crippen molar-refractivity contribution in [2.24, 2.45) is 0 Å². The fourth-order valence-corrected chi connectivity index (χ4v) is 3.04. The predicted molar refractivity (Wildman–Crippen MR) is 126 cm³/mol. The number of esters is 2. The van der Waals surface area contributed by atoms with E-state index in [1.54, 1.807) is 60.7 Å². The van der Waals surface area contributed by atoms with Gasteiger partial charge >= 0.3 is 11.9 Å². The summed E-state index contributed by atoms with van der Waals surface area (Å²) in [6.07, 6.45) is 1.42. The first kappa shape index (κ1) is 23.5. The first-order valence-corrected chi connectivity index (χ1v) is 9.69. The number of halogens is 1. The minimum Gasteiger partial charge on any atom is -0.493 e. The maximum Gasteiger partial charge on any atom is 0.343 e. The number of methoxy groups -OCH3 is 1. The van der Waals surface area contributed by atoms with Crippen molar-refractivity contribution in [3.05, 3.63) is 78.6 Å². The van der Waals surface area contributed by atoms with Crippen LogP contribution in [0.25, 0.3) is 10.9 Å². The third-order valence-corrected chi connectivity index (χ3v) is 4.51. The molecule has 9 heteroatoms. The van der Waals surface area contributed by atoms with E-state index in [1.807, 2.05) is 6.07 Å². The summed E-state index contributed by atoms with van der Waals surface area (Å²) in [6, 6.07) is 19.0. The Hall–Kier alpha value is -4.17. The van der Waals surface area contributed by atoms with Gasteiger partial charge in [0.1, 0.15) is 17.9 Å². The van der Waals surface area contributed by atoms with Crippen molar-refractivity contribution in [1.29, 1.82) is 0 Å². The lowest BCUT2D eigenvalue weighted by atomic mass is 10.2. The number of ether oxygens (including phenoxy) is 3. The molecule has 0 saturated heterocycles. The van der Waals surface area contributed by atoms with Crippen molar-refractivity contribution in [1.82, 2.24) is 9.97 Å². The van der Waals surface area contributed by atoms with E-state index in [9.17, 15) is 9.59 Å². The third kappa shape index (κ3) is 5.55. The van der Waals surface area contributed by atoms with Gasteiger partial charge in [-0.3, -0.25) is 4.79 Å². The van der Waals surface area contributed by atoms with Gasteiger partial charge in [-0.05, 0) is 42.5 Å². The first-order valence-electron chi connectivity index (χ1n) is 9.69. The van der Waals surface area contributed by atoms with Crippen molar-refractivity contribution in [2.75, 3.05) is 12.4 Å². The lowest BCUT2D eigenvalue weighted by molar-refractivity contribution is -0.132. The topological polar surface area (TPSA) is 99.6 Å². The Labute approximate surface area is 195 Å². The van der Waals surface area contributed by atoms with Crippen molar-refractivity contribution < 1.29 is 23.8 Å². The molecule has 3 aromatic carbocycles. The number of fused-ring (bicyclic) bond motifs is 1. The fourth-order valence-electron chi connectivity index (χ4n) is 3.04. The van der Waals surface area contributed by atoms with E-state index in [2.05, 4.69) is 15.3 Å². The summed E-state index contributed by atoms with van der Waals surface area (Å²) >= 11 is 0. The van der Waals surface area contributed by atoms with Crippen molar-refractivity contribution in [2.45, 2.75) is 6.92 Å². The zero-order chi connectivity index (χ0) is 22.5. The third-order valence-electron chi connectivity index (χ3n) is 4.51. The minimum atomic E-state index is -0.463. The van der Waals surface area contributed by atoms with Gasteiger partial charge in [-0.2, -0.15) is 0 Å². The molecule has 4 rings (SSSR count). The van der Waals surface area contributed by atoms with Crippen LogP contribution >= 0.6 is 12.4 Å². The maximum absolute atomic E-state index is 12.2. The van der Waals surface area contributed by atoms with Gasteiger partial charge in [0.25, 0.3) is 0 Å². The van der Waals surface area contributed by atoms with Crippen LogP contribution in [0.15, 0.2) is 73.1 Å². The Bertz CT molecular complexity index is 1280. The zero-order valence-corrected chi connectivity index (χ0v) is 18.6. The second-order valence-corrected chi connectivity index (χ2v) is 6.74. The number of hydrogen-bond acceptors (Lipinski definition) is 8. The van der Waals surface area contributed by atoms with Gasteiger partial charge in [0.2, 0.25) is 0 Å². The van der Waals surface area contributed by atoms with Crippen LogP contribution in [0.4, 0.5) is 11.5 Å². The van der Waals surface area contributed by atoms with Gasteiger partial charge in [0.15, 0.2) is 11.5 Å². The summed E-state index contributed by atoms with van der Waals surface area (Å²) < 4.78 is 15.9. The summed E-state index contributed by atoms with van der Waals surface area (Å²) in [5, 5.41) is 3.85. The second kappa shape index (κ2) is 10.4. The number of hydrogen-bond donors (Lipinski definition) is 1. The Morgan fingerprint density at radius 1 is 0.879 bits per heavy atom. The quantitative estimate of drug-likeness (QED) is 0.315. The highest BCUT2D eigenvalue weighted by Gasteiger charge is 2.14. The molecule has 1 aromatic heterocycles. The molecular formula is C24H20ClN3O5. The molecule has 33 heavy (non-hydrogen) atoms. The molecule has 168 valence electrons. The summed E-state index contributed by atoms with van der Waals surface area (Å²) in [5.74, 6) is 0.698. The summed E-state index contributed by atoms with van der Waals surface area (Å²) in [6.45, 7) is 1.32. The van der Waals surface area contributed by atoms with E-state index >= 15 is 0 Å². The minimum absolute atomic E-state index is 0. The number of rotatable bonds is 6. The highest BCUT2D eigenvalue weighted by molar-refractivity contribution is 5.94. The van der Waals surface area contributed by atoms with Crippen LogP contribution in [0.5, 0.6) is 17.2 Å². The first-order chi connectivity index (χ1) is 15.5. The maximum atomic E-state index is 12.2. The molecule has 0 unspecified atom stereocenters. The summed E-state index contributed by atoms with van der Waals surface area (Å²) in [7, 11) is 1.49. The van der Waals surface area contributed by atoms with E-state index in [-0.39, 0.29) is 18.2 Å². The molecule has 0 spiro atoms. The zero-order valence-electron chi connectivity index (χ0n) is 17.8. The highest BCUT2D eigenvalue weighted by atomic mass is 35.5. The lowest BCUT2D eigenvalue weighted by Gasteiger charge is -2.12. The number of benzene rings is 3. The number of carbonyl (C=O) groups is 2. The number of nitrogens with zero attached hydrogens (tertiary/aromatic N) is 2. The van der Waals surface area contributed by atoms with Crippen LogP contribution < -0.4 is 19.5 Å². The van der Waals surface area contributed by atoms with Crippen LogP contribution in [0.2, 0.25) is 0 Å². The number of aromatic nitrogens is 2. The Kier molecular flexibility index (Phi) is 7.42. The van der Waals surface area contributed by atoms with Gasteiger partial charge in [-0.1, -0.05) is 18.2 Å². The molecule has 0 saturated carbocycles. The van der Waals surface area contributed by atoms with Gasteiger partial charge in [-0.25, -0.2) is 14.8 Å². The fraction of sp³-hybridized carbons (Fsp3) is 0.0833. The van der Waals surface area contributed by atoms with E-state index < -0.39 is 11.9 Å². The standard InChI is InChI=1S/C24H19N3O5.ClH/c1-15(28)31-22-12-19-20(13-21(22)30-2)25-14-26-23(19)27-17-8-10-18(11-9-17)32-24(29)16-6-4-3-5-7-16;/h3-14H,1-2H3,(H,25,26,27);1H. The largest absolute Gasteiger partial charge is 0.493 e. The van der Waals surface area contributed by atoms with E-state index in [1.165, 1.54) is 20.4 Å². The average Bonchev–Trinajstić information content (AvgIpc) is 2.80. The Morgan fingerprint density at radius 2 is 1.61 bits per heavy atom. The molecule has 0 aliphatic heterocycles. The van der Waals surface area contributed by atoms with Crippen LogP contribution in [0.1, 0.15) is 17.3 Å². The van der Waals surface area contributed by atoms with E-state index in [0.717, 1.165) is 5.69 Å². The van der Waals surface area contributed by atoms with Crippen molar-refractivity contribution in [3.8, 4) is 17.2 Å². The highest BCUT2D eigenvalue weighted by Crippen LogP contribution is 2.35. The van der Waals surface area contributed by atoms with Crippen molar-refractivity contribution >= 4 is 46.8 Å². The smallest absolute Gasteiger partial charge is 0.343 e. The number of nitrogens with one attached hydrogen (secondary N) is 1. The SMILES string of the molecule is COc1cc2ncnc(Nc3ccc(OC(=O)c4ccccc4)cc3)c2cc1OC(C)=O.Cl. The molecular weight excluding hydrogens is 446 g/mol. The molecule has 1 N–H and O–H groups in total. The Balaban J connectivity index is 0.00000306. The van der Waals surface area contributed by atoms with E-state index in [4.69, 9.17) is 14.2 Å². The van der Waals surface area contributed by atoms with Gasteiger partial charge in [0.05, 0.1) is 18.2 Å². The molecule has 0 fully saturated rings. The molecule has 8 nitrogen and oxygen atoms in total. The summed E-state index contributed by atoms with van der Waals surface area (Å²) in [5.41, 5.74) is 1.80. The monoisotopic (exact) mass is 465 g/mol. The second-order valence-electron chi connectivity index (χ2n) is 6.74. The van der Waals surface area contributed by atoms with Gasteiger partial charge in [0, 0.05) is 24.1 Å². The molecule has 0 aliphatic carbocycles. The molecule has 0 amide bonds. The van der Waals surface area contributed by atoms with Crippen LogP contribution in [0.3, 0.4) is 0 Å². The molecule has 0 radical (unpaired) electrons. The summed E-state index contributed by atoms with van der Waals surface area (Å²) in [4.78, 5) is 32.2. The predicted octanol–water partition coefficient (Wildman–Crippen LogP) is 4.95. The van der Waals surface area contributed by atoms with Crippen LogP contribution in [-0.2, 0) is 4.79 Å². The normalized spacial score (nSPS) is 10.1. The lowest BCUT2D eigenvalue weighted by Crippen LogP contribution is -2.08. The van der Waals surface area contributed by atoms with E-state index in [0.29, 0.717) is 33.8 Å². The molecule has 0 bridgehead atoms. The van der Waals surface area contributed by atoms with Crippen LogP contribution in [0, 0.1) is 0 Å². The number of carbonyl (C=O) groups excluding carboxylic acids is 2. The molecule has 4 aromatic rings. The van der Waals surface area contributed by atoms with Crippen LogP contribution in [-0.4, -0.2) is 29.0 Å². The molecule has 0 atom stereocenters. The average molecular weight is 466 g/mol. The molecule has 0 aliphatic rings. The Morgan fingerprint density at radius 3 is 2.27 bits per heavy atom. The van der Waals surface area contributed by atoms with Crippen molar-refractivity contribution in [3.63, 3.8) is 0 Å². The number of anilines is 2. The van der Waals surface area contributed by atoms with Gasteiger partial charge < -0.3 is 19.5 Å². The molecule has 1 heterocycles.